The maximum absolute atomic E-state index is 12.5. The molecular weight excluding hydrogens is 668 g/mol. The first-order chi connectivity index (χ1) is 21.1. The number of fused-ring (bicyclic) bond motifs is 1. The van der Waals surface area contributed by atoms with Crippen molar-refractivity contribution in [2.75, 3.05) is 18.9 Å². The Morgan fingerprint density at radius 1 is 1.00 bits per heavy atom. The fraction of sp³-hybridized carbons (Fsp3) is 0.571. The van der Waals surface area contributed by atoms with E-state index in [2.05, 4.69) is 28.8 Å². The van der Waals surface area contributed by atoms with Crippen LogP contribution in [0.3, 0.4) is 0 Å². The minimum atomic E-state index is -5.38. The standard InChI is InChI=1S/C21H29N7O14P2S/c1-2-10-26-17(22)11-19(27-10)28(6-24-11)21-15(32)13(30)9(41-21)4-39-44(36,37)42-43(34,35)38-3-8-12(29)14(31)16(40-8)20-25-7(5-45-20)18(23)33/h5-6,8-9,12-16,21,29-32H,2-4H2,1H3,(H2,23,33)(H,34,35)(H,36,37)(H2,22,26,27)/t8-,9-,12-,13-,14-,15-,16-,21-/m1/s1. The number of hydrogen-bond donors (Lipinski definition) is 8. The summed E-state index contributed by atoms with van der Waals surface area (Å²) in [4.78, 5) is 47.8. The van der Waals surface area contributed by atoms with E-state index in [4.69, 9.17) is 25.5 Å². The van der Waals surface area contributed by atoms with Crippen LogP contribution in [-0.2, 0) is 38.4 Å². The minimum Gasteiger partial charge on any atom is -0.387 e. The molecule has 0 aromatic carbocycles. The fourth-order valence-corrected chi connectivity index (χ4v) is 7.53. The smallest absolute Gasteiger partial charge is 0.387 e. The van der Waals surface area contributed by atoms with Gasteiger partial charge in [0.15, 0.2) is 17.7 Å². The number of nitrogen functional groups attached to an aromatic ring is 1. The number of nitrogens with zero attached hydrogens (tertiary/aromatic N) is 5. The fourth-order valence-electron chi connectivity index (χ4n) is 4.56. The first-order valence-electron chi connectivity index (χ1n) is 13.0. The Bertz CT molecular complexity index is 1660. The average molecular weight is 698 g/mol. The number of carbonyl (C=O) groups is 1. The van der Waals surface area contributed by atoms with Gasteiger partial charge in [-0.15, -0.1) is 11.3 Å². The Morgan fingerprint density at radius 3 is 2.22 bits per heavy atom. The van der Waals surface area contributed by atoms with Crippen molar-refractivity contribution in [3.63, 3.8) is 0 Å². The summed E-state index contributed by atoms with van der Waals surface area (Å²) in [6, 6.07) is 0. The topological polar surface area (TPSA) is 327 Å². The first kappa shape index (κ1) is 33.8. The number of imidazole rings is 1. The van der Waals surface area contributed by atoms with Crippen LogP contribution in [0.15, 0.2) is 11.7 Å². The molecule has 3 aromatic rings. The van der Waals surface area contributed by atoms with E-state index >= 15 is 0 Å². The van der Waals surface area contributed by atoms with Gasteiger partial charge in [-0.2, -0.15) is 4.31 Å². The largest absolute Gasteiger partial charge is 0.481 e. The van der Waals surface area contributed by atoms with Gasteiger partial charge in [0.2, 0.25) is 0 Å². The van der Waals surface area contributed by atoms with Gasteiger partial charge in [-0.1, -0.05) is 6.92 Å². The van der Waals surface area contributed by atoms with E-state index in [1.165, 1.54) is 16.3 Å². The third-order valence-corrected chi connectivity index (χ3v) is 10.3. The van der Waals surface area contributed by atoms with Crippen LogP contribution in [0, 0.1) is 0 Å². The highest BCUT2D eigenvalue weighted by molar-refractivity contribution is 7.61. The van der Waals surface area contributed by atoms with Crippen molar-refractivity contribution >= 4 is 49.9 Å². The van der Waals surface area contributed by atoms with Crippen LogP contribution < -0.4 is 11.5 Å². The number of primary amides is 1. The lowest BCUT2D eigenvalue weighted by molar-refractivity contribution is -0.0507. The molecule has 0 spiro atoms. The van der Waals surface area contributed by atoms with E-state index < -0.39 is 83.7 Å². The molecule has 2 fully saturated rings. The molecule has 0 radical (unpaired) electrons. The van der Waals surface area contributed by atoms with Gasteiger partial charge < -0.3 is 51.2 Å². The number of phosphoric acid groups is 2. The maximum atomic E-state index is 12.5. The summed E-state index contributed by atoms with van der Waals surface area (Å²) < 4.78 is 50.9. The van der Waals surface area contributed by atoms with Crippen molar-refractivity contribution in [3.8, 4) is 0 Å². The molecule has 2 unspecified atom stereocenters. The van der Waals surface area contributed by atoms with E-state index in [1.54, 1.807) is 6.92 Å². The number of rotatable bonds is 12. The molecule has 248 valence electrons. The molecule has 24 heteroatoms. The van der Waals surface area contributed by atoms with Crippen LogP contribution in [0.25, 0.3) is 11.2 Å². The Hall–Kier alpha value is -2.53. The Balaban J connectivity index is 1.17. The highest BCUT2D eigenvalue weighted by Gasteiger charge is 2.48. The van der Waals surface area contributed by atoms with E-state index in [1.807, 2.05) is 0 Å². The number of ether oxygens (including phenoxy) is 2. The van der Waals surface area contributed by atoms with Gasteiger partial charge in [0, 0.05) is 11.8 Å². The predicted octanol–water partition coefficient (Wildman–Crippen LogP) is -1.74. The van der Waals surface area contributed by atoms with Crippen molar-refractivity contribution in [1.82, 2.24) is 24.5 Å². The van der Waals surface area contributed by atoms with Gasteiger partial charge in [-0.25, -0.2) is 29.1 Å². The summed E-state index contributed by atoms with van der Waals surface area (Å²) in [5.41, 5.74) is 11.4. The zero-order valence-electron chi connectivity index (χ0n) is 23.0. The number of nitrogens with two attached hydrogens (primary N) is 2. The van der Waals surface area contributed by atoms with Gasteiger partial charge in [0.05, 0.1) is 19.5 Å². The SMILES string of the molecule is CCc1nc(N)c2ncn([C@@H]3O[C@H](COP(=O)(O)OP(=O)(O)OC[C@H]4O[C@@H](c5nc(C(N)=O)cs5)[C@H](O)[C@@H]4O)[C@@H](O)[C@H]3O)c2n1. The predicted molar refractivity (Wildman–Crippen MR) is 148 cm³/mol. The molecule has 2 saturated heterocycles. The summed E-state index contributed by atoms with van der Waals surface area (Å²) in [7, 11) is -10.7. The second-order valence-electron chi connectivity index (χ2n) is 9.87. The lowest BCUT2D eigenvalue weighted by Gasteiger charge is -2.20. The normalized spacial score (nSPS) is 31.3. The molecule has 1 amide bonds. The van der Waals surface area contributed by atoms with Crippen molar-refractivity contribution in [3.05, 3.63) is 28.2 Å². The minimum absolute atomic E-state index is 0.0841. The van der Waals surface area contributed by atoms with E-state index in [0.717, 1.165) is 11.3 Å². The van der Waals surface area contributed by atoms with Crippen LogP contribution in [-0.4, -0.2) is 110 Å². The quantitative estimate of drug-likeness (QED) is 0.0973. The number of anilines is 1. The van der Waals surface area contributed by atoms with Crippen LogP contribution in [0.5, 0.6) is 0 Å². The van der Waals surface area contributed by atoms with Crippen LogP contribution in [0.2, 0.25) is 0 Å². The number of thiazole rings is 1. The average Bonchev–Trinajstić information content (AvgIpc) is 3.74. The van der Waals surface area contributed by atoms with Gasteiger partial charge in [0.25, 0.3) is 5.91 Å². The number of aromatic nitrogens is 5. The molecule has 0 saturated carbocycles. The molecule has 3 aromatic heterocycles. The Kier molecular flexibility index (Phi) is 9.72. The van der Waals surface area contributed by atoms with Gasteiger partial charge in [-0.05, 0) is 0 Å². The number of aliphatic hydroxyl groups is 4. The molecule has 5 heterocycles. The number of carbonyl (C=O) groups excluding carboxylic acids is 1. The summed E-state index contributed by atoms with van der Waals surface area (Å²) in [5.74, 6) is -0.365. The molecule has 0 aliphatic carbocycles. The number of phosphoric ester groups is 2. The first-order valence-corrected chi connectivity index (χ1v) is 16.9. The van der Waals surface area contributed by atoms with Crippen LogP contribution in [0.1, 0.15) is 40.6 Å². The third kappa shape index (κ3) is 7.09. The van der Waals surface area contributed by atoms with Crippen LogP contribution >= 0.6 is 27.0 Å². The van der Waals surface area contributed by atoms with E-state index in [9.17, 15) is 44.1 Å². The summed E-state index contributed by atoms with van der Waals surface area (Å²) in [6.07, 6.45) is -10.2. The van der Waals surface area contributed by atoms with Crippen LogP contribution in [0.4, 0.5) is 5.82 Å². The van der Waals surface area contributed by atoms with E-state index in [-0.39, 0.29) is 27.7 Å². The molecule has 21 nitrogen and oxygen atoms in total. The molecule has 2 aliphatic heterocycles. The van der Waals surface area contributed by atoms with Crippen molar-refractivity contribution in [2.45, 2.75) is 62.3 Å². The second-order valence-corrected chi connectivity index (χ2v) is 13.8. The molecule has 0 bridgehead atoms. The Labute approximate surface area is 256 Å². The van der Waals surface area contributed by atoms with Crippen molar-refractivity contribution in [1.29, 1.82) is 0 Å². The number of amides is 1. The van der Waals surface area contributed by atoms with Gasteiger partial charge >= 0.3 is 15.6 Å². The van der Waals surface area contributed by atoms with Crippen molar-refractivity contribution in [2.24, 2.45) is 5.73 Å². The highest BCUT2D eigenvalue weighted by atomic mass is 32.1. The molecule has 10 atom stereocenters. The summed E-state index contributed by atoms with van der Waals surface area (Å²) in [5, 5.41) is 43.1. The highest BCUT2D eigenvalue weighted by Crippen LogP contribution is 2.61. The molecule has 10 N–H and O–H groups in total. The Morgan fingerprint density at radius 2 is 1.62 bits per heavy atom. The second kappa shape index (κ2) is 12.9. The third-order valence-electron chi connectivity index (χ3n) is 6.81. The lowest BCUT2D eigenvalue weighted by atomic mass is 10.1. The molecular formula is C21H29N7O14P2S. The number of aliphatic hydroxyl groups excluding tert-OH is 4. The molecule has 5 rings (SSSR count). The molecule has 2 aliphatic rings. The monoisotopic (exact) mass is 697 g/mol. The van der Waals surface area contributed by atoms with Gasteiger partial charge in [-0.3, -0.25) is 18.4 Å². The maximum Gasteiger partial charge on any atom is 0.481 e. The zero-order valence-corrected chi connectivity index (χ0v) is 25.6. The lowest BCUT2D eigenvalue weighted by Crippen LogP contribution is -2.33. The number of aryl methyl sites for hydroxylation is 1. The van der Waals surface area contributed by atoms with Gasteiger partial charge in [0.1, 0.15) is 64.8 Å². The van der Waals surface area contributed by atoms with E-state index in [0.29, 0.717) is 12.2 Å². The summed E-state index contributed by atoms with van der Waals surface area (Å²) >= 11 is 0.909. The summed E-state index contributed by atoms with van der Waals surface area (Å²) in [6.45, 7) is -0.00290. The molecule has 45 heavy (non-hydrogen) atoms. The van der Waals surface area contributed by atoms with Crippen molar-refractivity contribution < 1.29 is 67.0 Å². The zero-order chi connectivity index (χ0) is 32.8. The number of hydrogen-bond acceptors (Lipinski definition) is 18.